The summed E-state index contributed by atoms with van der Waals surface area (Å²) in [5.74, 6) is -0.692. The van der Waals surface area contributed by atoms with Crippen molar-refractivity contribution in [1.29, 1.82) is 0 Å². The third-order valence-electron chi connectivity index (χ3n) is 3.57. The van der Waals surface area contributed by atoms with Crippen LogP contribution in [0.1, 0.15) is 26.2 Å². The van der Waals surface area contributed by atoms with Crippen LogP contribution in [-0.4, -0.2) is 28.6 Å². The third-order valence-corrected chi connectivity index (χ3v) is 3.57. The highest BCUT2D eigenvalue weighted by Crippen LogP contribution is 2.31. The smallest absolute Gasteiger partial charge is 0.306 e. The van der Waals surface area contributed by atoms with Gasteiger partial charge in [0.05, 0.1) is 23.5 Å². The zero-order valence-corrected chi connectivity index (χ0v) is 11.7. The van der Waals surface area contributed by atoms with Gasteiger partial charge in [0.25, 0.3) is 5.69 Å². The topological polar surface area (TPSA) is 102 Å². The van der Waals surface area contributed by atoms with E-state index in [0.717, 1.165) is 6.42 Å². The van der Waals surface area contributed by atoms with Gasteiger partial charge in [0.15, 0.2) is 0 Å². The minimum Gasteiger partial charge on any atom is -0.494 e. The fourth-order valence-corrected chi connectivity index (χ4v) is 2.59. The molecule has 0 bridgehead atoms. The van der Waals surface area contributed by atoms with Crippen molar-refractivity contribution >= 4 is 17.3 Å². The first-order chi connectivity index (χ1) is 9.99. The second kappa shape index (κ2) is 6.43. The van der Waals surface area contributed by atoms with E-state index in [1.807, 2.05) is 0 Å². The number of non-ortho nitro benzene ring substituents is 1. The molecule has 7 nitrogen and oxygen atoms in total. The highest BCUT2D eigenvalue weighted by molar-refractivity contribution is 5.70. The predicted octanol–water partition coefficient (Wildman–Crippen LogP) is 2.66. The summed E-state index contributed by atoms with van der Waals surface area (Å²) in [5, 5.41) is 23.1. The molecule has 0 radical (unpaired) electrons. The van der Waals surface area contributed by atoms with Crippen molar-refractivity contribution in [3.63, 3.8) is 0 Å². The molecule has 0 heterocycles. The van der Waals surface area contributed by atoms with Gasteiger partial charge in [0.2, 0.25) is 0 Å². The number of nitrogens with zero attached hydrogens (tertiary/aromatic N) is 1. The standard InChI is InChI=1S/C14H18N2O5/c1-2-21-13-7-11(6-12(8-13)16(19)20)15-10-4-3-9(5-10)14(17)18/h6-10,15H,2-5H2,1H3,(H,17,18)/t9-,10+/m1/s1. The van der Waals surface area contributed by atoms with E-state index in [0.29, 0.717) is 30.9 Å². The van der Waals surface area contributed by atoms with Crippen molar-refractivity contribution < 1.29 is 19.6 Å². The molecule has 1 aliphatic rings. The van der Waals surface area contributed by atoms with E-state index >= 15 is 0 Å². The fraction of sp³-hybridized carbons (Fsp3) is 0.500. The number of carbonyl (C=O) groups is 1. The predicted molar refractivity (Wildman–Crippen MR) is 76.7 cm³/mol. The Labute approximate surface area is 122 Å². The summed E-state index contributed by atoms with van der Waals surface area (Å²) in [6.45, 7) is 2.23. The van der Waals surface area contributed by atoms with Gasteiger partial charge in [-0.3, -0.25) is 14.9 Å². The number of benzene rings is 1. The van der Waals surface area contributed by atoms with E-state index in [9.17, 15) is 14.9 Å². The largest absolute Gasteiger partial charge is 0.494 e. The molecular weight excluding hydrogens is 276 g/mol. The number of anilines is 1. The summed E-state index contributed by atoms with van der Waals surface area (Å²) in [4.78, 5) is 21.4. The highest BCUT2D eigenvalue weighted by Gasteiger charge is 2.29. The number of carboxylic acid groups (broad SMARTS) is 1. The number of ether oxygens (including phenoxy) is 1. The number of rotatable bonds is 6. The van der Waals surface area contributed by atoms with Crippen LogP contribution in [-0.2, 0) is 4.79 Å². The van der Waals surface area contributed by atoms with E-state index < -0.39 is 10.9 Å². The molecule has 0 spiro atoms. The third kappa shape index (κ3) is 3.84. The Hall–Kier alpha value is -2.31. The van der Waals surface area contributed by atoms with Crippen molar-refractivity contribution in [2.45, 2.75) is 32.2 Å². The van der Waals surface area contributed by atoms with E-state index in [-0.39, 0.29) is 17.6 Å². The van der Waals surface area contributed by atoms with Gasteiger partial charge in [-0.25, -0.2) is 0 Å². The van der Waals surface area contributed by atoms with Crippen molar-refractivity contribution in [3.8, 4) is 5.75 Å². The number of carboxylic acids is 1. The lowest BCUT2D eigenvalue weighted by molar-refractivity contribution is -0.384. The highest BCUT2D eigenvalue weighted by atomic mass is 16.6. The van der Waals surface area contributed by atoms with Crippen LogP contribution in [0.5, 0.6) is 5.75 Å². The first-order valence-corrected chi connectivity index (χ1v) is 6.91. The minimum atomic E-state index is -0.784. The lowest BCUT2D eigenvalue weighted by Crippen LogP contribution is -2.18. The SMILES string of the molecule is CCOc1cc(N[C@H]2CC[C@@H](C(=O)O)C2)cc([N+](=O)[O-])c1. The van der Waals surface area contributed by atoms with Crippen LogP contribution in [0.2, 0.25) is 0 Å². The monoisotopic (exact) mass is 294 g/mol. The quantitative estimate of drug-likeness (QED) is 0.617. The van der Waals surface area contributed by atoms with Gasteiger partial charge in [0.1, 0.15) is 5.75 Å². The lowest BCUT2D eigenvalue weighted by Gasteiger charge is -2.15. The van der Waals surface area contributed by atoms with Gasteiger partial charge in [-0.05, 0) is 26.2 Å². The summed E-state index contributed by atoms with van der Waals surface area (Å²) in [6, 6.07) is 4.53. The summed E-state index contributed by atoms with van der Waals surface area (Å²) in [5.41, 5.74) is 0.542. The van der Waals surface area contributed by atoms with E-state index in [2.05, 4.69) is 5.32 Å². The molecule has 7 heteroatoms. The first-order valence-electron chi connectivity index (χ1n) is 6.91. The second-order valence-electron chi connectivity index (χ2n) is 5.10. The van der Waals surface area contributed by atoms with E-state index in [4.69, 9.17) is 9.84 Å². The molecule has 114 valence electrons. The number of aliphatic carboxylic acids is 1. The van der Waals surface area contributed by atoms with Gasteiger partial charge in [-0.15, -0.1) is 0 Å². The van der Waals surface area contributed by atoms with Gasteiger partial charge in [-0.2, -0.15) is 0 Å². The van der Waals surface area contributed by atoms with Crippen LogP contribution >= 0.6 is 0 Å². The molecule has 2 rings (SSSR count). The van der Waals surface area contributed by atoms with Crippen LogP contribution in [0.15, 0.2) is 18.2 Å². The molecule has 21 heavy (non-hydrogen) atoms. The summed E-state index contributed by atoms with van der Waals surface area (Å²) in [6.07, 6.45) is 1.89. The Balaban J connectivity index is 2.12. The Kier molecular flexibility index (Phi) is 4.62. The normalized spacial score (nSPS) is 21.0. The Morgan fingerprint density at radius 2 is 2.24 bits per heavy atom. The molecule has 1 saturated carbocycles. The van der Waals surface area contributed by atoms with E-state index in [1.165, 1.54) is 12.1 Å². The Morgan fingerprint density at radius 3 is 2.81 bits per heavy atom. The average Bonchev–Trinajstić information content (AvgIpc) is 2.87. The first kappa shape index (κ1) is 15.1. The number of nitro benzene ring substituents is 1. The molecule has 2 N–H and O–H groups in total. The average molecular weight is 294 g/mol. The Bertz CT molecular complexity index is 546. The minimum absolute atomic E-state index is 0.0163. The zero-order valence-electron chi connectivity index (χ0n) is 11.7. The van der Waals surface area contributed by atoms with Crippen molar-refractivity contribution in [3.05, 3.63) is 28.3 Å². The van der Waals surface area contributed by atoms with Crippen LogP contribution in [0.3, 0.4) is 0 Å². The maximum atomic E-state index is 10.9. The molecule has 0 aromatic heterocycles. The van der Waals surface area contributed by atoms with Crippen molar-refractivity contribution in [1.82, 2.24) is 0 Å². The molecule has 0 saturated heterocycles. The molecule has 0 aliphatic heterocycles. The molecule has 0 unspecified atom stereocenters. The molecular formula is C14H18N2O5. The second-order valence-corrected chi connectivity index (χ2v) is 5.10. The van der Waals surface area contributed by atoms with Crippen LogP contribution in [0.4, 0.5) is 11.4 Å². The number of nitro groups is 1. The van der Waals surface area contributed by atoms with Crippen LogP contribution in [0, 0.1) is 16.0 Å². The van der Waals surface area contributed by atoms with E-state index in [1.54, 1.807) is 13.0 Å². The molecule has 1 aromatic rings. The Morgan fingerprint density at radius 1 is 1.48 bits per heavy atom. The lowest BCUT2D eigenvalue weighted by atomic mass is 10.1. The number of hydrogen-bond donors (Lipinski definition) is 2. The molecule has 1 fully saturated rings. The summed E-state index contributed by atoms with van der Waals surface area (Å²) in [7, 11) is 0. The van der Waals surface area contributed by atoms with Gasteiger partial charge in [-0.1, -0.05) is 0 Å². The van der Waals surface area contributed by atoms with Crippen molar-refractivity contribution in [2.75, 3.05) is 11.9 Å². The van der Waals surface area contributed by atoms with Crippen LogP contribution in [0.25, 0.3) is 0 Å². The van der Waals surface area contributed by atoms with Gasteiger partial charge in [0, 0.05) is 23.9 Å². The zero-order chi connectivity index (χ0) is 15.4. The van der Waals surface area contributed by atoms with Gasteiger partial charge >= 0.3 is 5.97 Å². The number of hydrogen-bond acceptors (Lipinski definition) is 5. The van der Waals surface area contributed by atoms with Crippen molar-refractivity contribution in [2.24, 2.45) is 5.92 Å². The molecule has 2 atom stereocenters. The molecule has 1 aliphatic carbocycles. The number of nitrogens with one attached hydrogen (secondary N) is 1. The van der Waals surface area contributed by atoms with Crippen LogP contribution < -0.4 is 10.1 Å². The van der Waals surface area contributed by atoms with Gasteiger partial charge < -0.3 is 15.2 Å². The fourth-order valence-electron chi connectivity index (χ4n) is 2.59. The maximum Gasteiger partial charge on any atom is 0.306 e. The molecule has 1 aromatic carbocycles. The molecule has 0 amide bonds. The summed E-state index contributed by atoms with van der Waals surface area (Å²) < 4.78 is 5.32. The summed E-state index contributed by atoms with van der Waals surface area (Å²) >= 11 is 0. The maximum absolute atomic E-state index is 10.9.